The summed E-state index contributed by atoms with van der Waals surface area (Å²) in [5, 5.41) is 13.9. The highest BCUT2D eigenvalue weighted by Gasteiger charge is 2.17. The molecule has 0 unspecified atom stereocenters. The van der Waals surface area contributed by atoms with Gasteiger partial charge in [-0.1, -0.05) is 17.7 Å². The Morgan fingerprint density at radius 1 is 1.57 bits per heavy atom. The number of hydrogen-bond donors (Lipinski definition) is 1. The summed E-state index contributed by atoms with van der Waals surface area (Å²) in [5.41, 5.74) is 0.711. The van der Waals surface area contributed by atoms with Crippen LogP contribution in [0.4, 0.5) is 0 Å². The highest BCUT2D eigenvalue weighted by molar-refractivity contribution is 6.36. The van der Waals surface area contributed by atoms with Crippen molar-refractivity contribution in [3.05, 3.63) is 28.9 Å². The Morgan fingerprint density at radius 2 is 2.29 bits per heavy atom. The first kappa shape index (κ1) is 9.02. The highest BCUT2D eigenvalue weighted by atomic mass is 35.5. The molecule has 0 bridgehead atoms. The third kappa shape index (κ3) is 1.15. The SMILES string of the molecule is Cn1nc2cccc(Cl)c2c1C(=O)O. The first-order valence-corrected chi connectivity index (χ1v) is 4.33. The Bertz CT molecular complexity index is 519. The van der Waals surface area contributed by atoms with Crippen molar-refractivity contribution in [2.45, 2.75) is 0 Å². The molecule has 0 saturated carbocycles. The lowest BCUT2D eigenvalue weighted by molar-refractivity contribution is 0.0687. The predicted molar refractivity (Wildman–Crippen MR) is 52.7 cm³/mol. The van der Waals surface area contributed by atoms with E-state index in [9.17, 15) is 4.79 Å². The average molecular weight is 211 g/mol. The molecule has 5 heteroatoms. The predicted octanol–water partition coefficient (Wildman–Crippen LogP) is 1.92. The molecule has 0 fully saturated rings. The van der Waals surface area contributed by atoms with E-state index < -0.39 is 5.97 Å². The molecule has 1 aromatic heterocycles. The van der Waals surface area contributed by atoms with Crippen LogP contribution in [-0.2, 0) is 7.05 Å². The number of carboxylic acids is 1. The summed E-state index contributed by atoms with van der Waals surface area (Å²) in [4.78, 5) is 10.9. The standard InChI is InChI=1S/C9H7ClN2O2/c1-12-8(9(13)14)7-5(10)3-2-4-6(7)11-12/h2-4H,1H3,(H,13,14). The Hall–Kier alpha value is -1.55. The minimum absolute atomic E-state index is 0.116. The second-order valence-electron chi connectivity index (χ2n) is 2.91. The molecule has 0 amide bonds. The maximum absolute atomic E-state index is 10.9. The largest absolute Gasteiger partial charge is 0.477 e. The Kier molecular flexibility index (Phi) is 1.93. The van der Waals surface area contributed by atoms with Crippen LogP contribution in [0.5, 0.6) is 0 Å². The van der Waals surface area contributed by atoms with Crippen LogP contribution in [0.3, 0.4) is 0 Å². The number of nitrogens with zero attached hydrogens (tertiary/aromatic N) is 2. The van der Waals surface area contributed by atoms with Crippen molar-refractivity contribution in [2.24, 2.45) is 7.05 Å². The second-order valence-corrected chi connectivity index (χ2v) is 3.32. The molecule has 4 nitrogen and oxygen atoms in total. The number of fused-ring (bicyclic) bond motifs is 1. The van der Waals surface area contributed by atoms with Gasteiger partial charge in [-0.25, -0.2) is 4.79 Å². The summed E-state index contributed by atoms with van der Waals surface area (Å²) in [7, 11) is 1.58. The van der Waals surface area contributed by atoms with Gasteiger partial charge in [-0.2, -0.15) is 5.10 Å². The fourth-order valence-corrected chi connectivity index (χ4v) is 1.71. The summed E-state index contributed by atoms with van der Waals surface area (Å²) in [6.07, 6.45) is 0. The van der Waals surface area contributed by atoms with E-state index in [2.05, 4.69) is 5.10 Å². The molecule has 0 atom stereocenters. The third-order valence-electron chi connectivity index (χ3n) is 2.01. The van der Waals surface area contributed by atoms with Gasteiger partial charge in [-0.05, 0) is 12.1 Å². The average Bonchev–Trinajstić information content (AvgIpc) is 2.42. The minimum atomic E-state index is -1.02. The molecule has 14 heavy (non-hydrogen) atoms. The number of rotatable bonds is 1. The van der Waals surface area contributed by atoms with E-state index in [0.29, 0.717) is 15.9 Å². The number of aromatic carboxylic acids is 1. The van der Waals surface area contributed by atoms with Gasteiger partial charge in [0, 0.05) is 7.05 Å². The van der Waals surface area contributed by atoms with E-state index >= 15 is 0 Å². The van der Waals surface area contributed by atoms with E-state index in [0.717, 1.165) is 0 Å². The fourth-order valence-electron chi connectivity index (χ4n) is 1.45. The van der Waals surface area contributed by atoms with Crippen molar-refractivity contribution < 1.29 is 9.90 Å². The molecule has 0 aliphatic carbocycles. The lowest BCUT2D eigenvalue weighted by Crippen LogP contribution is -2.05. The summed E-state index contributed by atoms with van der Waals surface area (Å²) >= 11 is 5.90. The monoisotopic (exact) mass is 210 g/mol. The molecule has 0 spiro atoms. The van der Waals surface area contributed by atoms with Crippen LogP contribution in [0.25, 0.3) is 10.9 Å². The molecule has 1 aromatic carbocycles. The van der Waals surface area contributed by atoms with Gasteiger partial charge in [0.15, 0.2) is 5.69 Å². The fraction of sp³-hybridized carbons (Fsp3) is 0.111. The molecule has 0 radical (unpaired) electrons. The highest BCUT2D eigenvalue weighted by Crippen LogP contribution is 2.25. The topological polar surface area (TPSA) is 55.1 Å². The zero-order valence-corrected chi connectivity index (χ0v) is 8.12. The Balaban J connectivity index is 2.93. The first-order chi connectivity index (χ1) is 6.61. The maximum Gasteiger partial charge on any atom is 0.354 e. The van der Waals surface area contributed by atoms with Crippen LogP contribution in [-0.4, -0.2) is 20.9 Å². The van der Waals surface area contributed by atoms with E-state index in [1.165, 1.54) is 4.68 Å². The van der Waals surface area contributed by atoms with Crippen LogP contribution in [0.1, 0.15) is 10.5 Å². The lowest BCUT2D eigenvalue weighted by atomic mass is 10.2. The number of benzene rings is 1. The number of halogens is 1. The first-order valence-electron chi connectivity index (χ1n) is 3.96. The van der Waals surface area contributed by atoms with Crippen molar-refractivity contribution in [3.8, 4) is 0 Å². The van der Waals surface area contributed by atoms with Crippen molar-refractivity contribution in [1.82, 2.24) is 9.78 Å². The molecule has 0 aliphatic heterocycles. The van der Waals surface area contributed by atoms with Gasteiger partial charge < -0.3 is 5.11 Å². The Morgan fingerprint density at radius 3 is 2.93 bits per heavy atom. The van der Waals surface area contributed by atoms with Gasteiger partial charge in [0.25, 0.3) is 0 Å². The molecule has 72 valence electrons. The van der Waals surface area contributed by atoms with E-state index in [1.807, 2.05) is 0 Å². The summed E-state index contributed by atoms with van der Waals surface area (Å²) in [6, 6.07) is 5.12. The quantitative estimate of drug-likeness (QED) is 0.783. The van der Waals surface area contributed by atoms with Gasteiger partial charge in [0.2, 0.25) is 0 Å². The summed E-state index contributed by atoms with van der Waals surface area (Å²) in [6.45, 7) is 0. The molecular formula is C9H7ClN2O2. The van der Waals surface area contributed by atoms with Crippen molar-refractivity contribution >= 4 is 28.5 Å². The van der Waals surface area contributed by atoms with E-state index in [4.69, 9.17) is 16.7 Å². The lowest BCUT2D eigenvalue weighted by Gasteiger charge is -1.95. The van der Waals surface area contributed by atoms with Crippen LogP contribution in [0, 0.1) is 0 Å². The molecule has 0 saturated heterocycles. The molecule has 1 N–H and O–H groups in total. The molecule has 0 aliphatic rings. The van der Waals surface area contributed by atoms with Gasteiger partial charge >= 0.3 is 5.97 Å². The van der Waals surface area contributed by atoms with Crippen molar-refractivity contribution in [2.75, 3.05) is 0 Å². The molecular weight excluding hydrogens is 204 g/mol. The molecule has 2 aromatic rings. The van der Waals surface area contributed by atoms with Crippen LogP contribution in [0.2, 0.25) is 5.02 Å². The third-order valence-corrected chi connectivity index (χ3v) is 2.33. The van der Waals surface area contributed by atoms with Crippen molar-refractivity contribution in [3.63, 3.8) is 0 Å². The number of carboxylic acid groups (broad SMARTS) is 1. The van der Waals surface area contributed by atoms with Gasteiger partial charge in [-0.3, -0.25) is 4.68 Å². The van der Waals surface area contributed by atoms with Crippen LogP contribution < -0.4 is 0 Å². The number of hydrogen-bond acceptors (Lipinski definition) is 2. The second kappa shape index (κ2) is 2.99. The normalized spacial score (nSPS) is 10.7. The maximum atomic E-state index is 10.9. The van der Waals surface area contributed by atoms with Crippen molar-refractivity contribution in [1.29, 1.82) is 0 Å². The van der Waals surface area contributed by atoms with Crippen LogP contribution in [0.15, 0.2) is 18.2 Å². The number of carbonyl (C=O) groups is 1. The zero-order valence-electron chi connectivity index (χ0n) is 7.36. The van der Waals surface area contributed by atoms with Crippen LogP contribution >= 0.6 is 11.6 Å². The Labute approximate surface area is 84.7 Å². The molecule has 2 rings (SSSR count). The van der Waals surface area contributed by atoms with E-state index in [-0.39, 0.29) is 5.69 Å². The van der Waals surface area contributed by atoms with Gasteiger partial charge in [0.1, 0.15) is 0 Å². The number of aromatic nitrogens is 2. The summed E-state index contributed by atoms with van der Waals surface area (Å²) in [5.74, 6) is -1.02. The molecule has 1 heterocycles. The minimum Gasteiger partial charge on any atom is -0.477 e. The smallest absolute Gasteiger partial charge is 0.354 e. The van der Waals surface area contributed by atoms with Gasteiger partial charge in [-0.15, -0.1) is 0 Å². The number of aryl methyl sites for hydroxylation is 1. The summed E-state index contributed by atoms with van der Waals surface area (Å²) < 4.78 is 1.32. The van der Waals surface area contributed by atoms with Gasteiger partial charge in [0.05, 0.1) is 15.9 Å². The van der Waals surface area contributed by atoms with E-state index in [1.54, 1.807) is 25.2 Å². The zero-order chi connectivity index (χ0) is 10.3.